The minimum atomic E-state index is -0.684. The minimum absolute atomic E-state index is 0.360. The number of nitrogens with zero attached hydrogens (tertiary/aromatic N) is 5. The van der Waals surface area contributed by atoms with Crippen molar-refractivity contribution in [1.82, 2.24) is 29.9 Å². The third-order valence-corrected chi connectivity index (χ3v) is 5.41. The van der Waals surface area contributed by atoms with Gasteiger partial charge >= 0.3 is 0 Å². The average Bonchev–Trinajstić information content (AvgIpc) is 3.28. The zero-order valence-corrected chi connectivity index (χ0v) is 18.0. The Bertz CT molecular complexity index is 1440. The molecular weight excluding hydrogens is 448 g/mol. The first-order chi connectivity index (χ1) is 16.0. The lowest BCUT2D eigenvalue weighted by molar-refractivity contribution is 0.584. The van der Waals surface area contributed by atoms with E-state index in [1.165, 1.54) is 31.1 Å². The maximum Gasteiger partial charge on any atom is 0.162 e. The average molecular weight is 464 g/mol. The second-order valence-corrected chi connectivity index (χ2v) is 7.83. The molecule has 2 N–H and O–H groups in total. The molecule has 0 fully saturated rings. The van der Waals surface area contributed by atoms with Gasteiger partial charge in [-0.15, -0.1) is 0 Å². The van der Waals surface area contributed by atoms with Gasteiger partial charge in [0, 0.05) is 29.0 Å². The van der Waals surface area contributed by atoms with Gasteiger partial charge in [-0.05, 0) is 53.4 Å². The SMILES string of the molecule is CC(Nc1ncnc2[nH]cnc12)c1cc(Cl)cc(-c2cncnc2)c1-c1cc(F)cc(F)c1. The number of hydrogen-bond acceptors (Lipinski definition) is 6. The van der Waals surface area contributed by atoms with Gasteiger partial charge in [-0.2, -0.15) is 0 Å². The summed E-state index contributed by atoms with van der Waals surface area (Å²) in [5.74, 6) is -0.860. The van der Waals surface area contributed by atoms with Gasteiger partial charge in [-0.25, -0.2) is 33.7 Å². The van der Waals surface area contributed by atoms with Crippen molar-refractivity contribution < 1.29 is 8.78 Å². The number of fused-ring (bicyclic) bond motifs is 1. The fourth-order valence-corrected chi connectivity index (χ4v) is 4.04. The maximum absolute atomic E-state index is 14.2. The first-order valence-corrected chi connectivity index (χ1v) is 10.3. The van der Waals surface area contributed by atoms with Gasteiger partial charge in [0.25, 0.3) is 0 Å². The summed E-state index contributed by atoms with van der Waals surface area (Å²) < 4.78 is 28.4. The molecule has 0 aliphatic carbocycles. The Labute approximate surface area is 192 Å². The van der Waals surface area contributed by atoms with E-state index in [-0.39, 0.29) is 6.04 Å². The van der Waals surface area contributed by atoms with E-state index < -0.39 is 11.6 Å². The van der Waals surface area contributed by atoms with Crippen LogP contribution in [-0.2, 0) is 0 Å². The Morgan fingerprint density at radius 3 is 2.42 bits per heavy atom. The summed E-state index contributed by atoms with van der Waals surface area (Å²) in [6, 6.07) is 6.52. The molecule has 0 saturated carbocycles. The van der Waals surface area contributed by atoms with Crippen LogP contribution >= 0.6 is 11.6 Å². The van der Waals surface area contributed by atoms with Crippen molar-refractivity contribution >= 4 is 28.6 Å². The van der Waals surface area contributed by atoms with Crippen LogP contribution in [-0.4, -0.2) is 29.9 Å². The number of aromatic amines is 1. The second kappa shape index (κ2) is 8.51. The summed E-state index contributed by atoms with van der Waals surface area (Å²) in [6.07, 6.45) is 7.60. The molecule has 0 saturated heterocycles. The molecule has 3 aromatic heterocycles. The summed E-state index contributed by atoms with van der Waals surface area (Å²) in [5, 5.41) is 3.77. The highest BCUT2D eigenvalue weighted by molar-refractivity contribution is 6.31. The third kappa shape index (κ3) is 4.10. The monoisotopic (exact) mass is 463 g/mol. The highest BCUT2D eigenvalue weighted by Crippen LogP contribution is 2.41. The van der Waals surface area contributed by atoms with Gasteiger partial charge in [0.15, 0.2) is 11.5 Å². The van der Waals surface area contributed by atoms with Crippen LogP contribution in [0, 0.1) is 11.6 Å². The largest absolute Gasteiger partial charge is 0.362 e. The zero-order chi connectivity index (χ0) is 22.9. The number of aromatic nitrogens is 6. The topological polar surface area (TPSA) is 92.3 Å². The molecule has 1 unspecified atom stereocenters. The lowest BCUT2D eigenvalue weighted by Crippen LogP contribution is -2.11. The normalized spacial score (nSPS) is 12.1. The molecule has 0 aliphatic heterocycles. The number of halogens is 3. The molecule has 5 rings (SSSR count). The molecule has 0 radical (unpaired) electrons. The maximum atomic E-state index is 14.2. The van der Waals surface area contributed by atoms with Gasteiger partial charge in [0.2, 0.25) is 0 Å². The molecular formula is C23H16ClF2N7. The van der Waals surface area contributed by atoms with E-state index in [0.29, 0.717) is 49.8 Å². The van der Waals surface area contributed by atoms with Crippen LogP contribution in [0.1, 0.15) is 18.5 Å². The first-order valence-electron chi connectivity index (χ1n) is 9.95. The van der Waals surface area contributed by atoms with Crippen molar-refractivity contribution in [3.8, 4) is 22.3 Å². The molecule has 0 bridgehead atoms. The van der Waals surface area contributed by atoms with Crippen molar-refractivity contribution in [3.63, 3.8) is 0 Å². The fourth-order valence-electron chi connectivity index (χ4n) is 3.81. The second-order valence-electron chi connectivity index (χ2n) is 7.39. The molecule has 3 heterocycles. The lowest BCUT2D eigenvalue weighted by Gasteiger charge is -2.22. The Kier molecular flexibility index (Phi) is 5.39. The van der Waals surface area contributed by atoms with Crippen LogP contribution in [0.2, 0.25) is 5.02 Å². The molecule has 2 aromatic carbocycles. The van der Waals surface area contributed by atoms with Crippen molar-refractivity contribution in [2.75, 3.05) is 5.32 Å². The van der Waals surface area contributed by atoms with E-state index in [4.69, 9.17) is 11.6 Å². The van der Waals surface area contributed by atoms with Crippen molar-refractivity contribution in [2.45, 2.75) is 13.0 Å². The number of H-pyrrole nitrogens is 1. The molecule has 0 spiro atoms. The van der Waals surface area contributed by atoms with E-state index >= 15 is 0 Å². The predicted octanol–water partition coefficient (Wildman–Crippen LogP) is 5.58. The summed E-state index contributed by atoms with van der Waals surface area (Å²) in [7, 11) is 0. The number of hydrogen-bond donors (Lipinski definition) is 2. The zero-order valence-electron chi connectivity index (χ0n) is 17.2. The number of rotatable bonds is 5. The highest BCUT2D eigenvalue weighted by Gasteiger charge is 2.21. The Balaban J connectivity index is 1.71. The van der Waals surface area contributed by atoms with Gasteiger partial charge in [-0.3, -0.25) is 0 Å². The van der Waals surface area contributed by atoms with Crippen LogP contribution < -0.4 is 5.32 Å². The van der Waals surface area contributed by atoms with Crippen LogP contribution in [0.4, 0.5) is 14.6 Å². The van der Waals surface area contributed by atoms with Gasteiger partial charge < -0.3 is 10.3 Å². The smallest absolute Gasteiger partial charge is 0.162 e. The summed E-state index contributed by atoms with van der Waals surface area (Å²) in [6.45, 7) is 1.90. The quantitative estimate of drug-likeness (QED) is 0.353. The number of imidazole rings is 1. The Morgan fingerprint density at radius 2 is 1.67 bits per heavy atom. The molecule has 1 atom stereocenters. The van der Waals surface area contributed by atoms with Crippen LogP contribution in [0.3, 0.4) is 0 Å². The van der Waals surface area contributed by atoms with E-state index in [0.717, 1.165) is 6.07 Å². The number of benzene rings is 2. The standard InChI is InChI=1S/C23H16ClF2N7/c1-12(33-23-21-22(30-10-29-21)31-11-32-23)18-4-15(24)5-19(14-7-27-9-28-8-14)20(18)13-2-16(25)6-17(26)3-13/h2-12H,1H3,(H2,29,30,31,32,33). The Hall–Kier alpha value is -3.98. The minimum Gasteiger partial charge on any atom is -0.362 e. The van der Waals surface area contributed by atoms with Crippen LogP contribution in [0.15, 0.2) is 61.7 Å². The van der Waals surface area contributed by atoms with Crippen LogP contribution in [0.5, 0.6) is 0 Å². The van der Waals surface area contributed by atoms with Gasteiger partial charge in [0.05, 0.1) is 12.4 Å². The number of anilines is 1. The molecule has 33 heavy (non-hydrogen) atoms. The molecule has 0 amide bonds. The van der Waals surface area contributed by atoms with Gasteiger partial charge in [0.1, 0.15) is 29.8 Å². The van der Waals surface area contributed by atoms with Crippen LogP contribution in [0.25, 0.3) is 33.4 Å². The predicted molar refractivity (Wildman–Crippen MR) is 122 cm³/mol. The molecule has 0 aliphatic rings. The van der Waals surface area contributed by atoms with E-state index in [9.17, 15) is 8.78 Å². The molecule has 5 aromatic rings. The van der Waals surface area contributed by atoms with Crippen molar-refractivity contribution in [3.05, 3.63) is 83.9 Å². The summed E-state index contributed by atoms with van der Waals surface area (Å²) in [4.78, 5) is 23.8. The summed E-state index contributed by atoms with van der Waals surface area (Å²) in [5.41, 5.74) is 4.11. The van der Waals surface area contributed by atoms with E-state index in [1.807, 2.05) is 6.92 Å². The lowest BCUT2D eigenvalue weighted by atomic mass is 9.88. The van der Waals surface area contributed by atoms with Gasteiger partial charge in [-0.1, -0.05) is 11.6 Å². The van der Waals surface area contributed by atoms with E-state index in [2.05, 4.69) is 35.2 Å². The molecule has 10 heteroatoms. The highest BCUT2D eigenvalue weighted by atomic mass is 35.5. The Morgan fingerprint density at radius 1 is 0.909 bits per heavy atom. The first kappa shape index (κ1) is 20.9. The van der Waals surface area contributed by atoms with Crippen molar-refractivity contribution in [1.29, 1.82) is 0 Å². The van der Waals surface area contributed by atoms with E-state index in [1.54, 1.807) is 24.5 Å². The number of nitrogens with one attached hydrogen (secondary N) is 2. The fraction of sp³-hybridized carbons (Fsp3) is 0.0870. The molecule has 164 valence electrons. The molecule has 7 nitrogen and oxygen atoms in total. The third-order valence-electron chi connectivity index (χ3n) is 5.19. The summed E-state index contributed by atoms with van der Waals surface area (Å²) >= 11 is 6.49. The van der Waals surface area contributed by atoms with Crippen molar-refractivity contribution in [2.24, 2.45) is 0 Å².